The third kappa shape index (κ3) is 2.09. The van der Waals surface area contributed by atoms with Crippen LogP contribution in [0.25, 0.3) is 0 Å². The van der Waals surface area contributed by atoms with Crippen molar-refractivity contribution in [3.05, 3.63) is 34.6 Å². The van der Waals surface area contributed by atoms with Gasteiger partial charge in [-0.3, -0.25) is 0 Å². The molecule has 3 atom stereocenters. The van der Waals surface area contributed by atoms with Crippen LogP contribution in [0.15, 0.2) is 18.2 Å². The van der Waals surface area contributed by atoms with Gasteiger partial charge in [0.2, 0.25) is 0 Å². The number of hydrogen-bond donors (Lipinski definition) is 1. The molecule has 2 fully saturated rings. The summed E-state index contributed by atoms with van der Waals surface area (Å²) in [6.45, 7) is 0. The number of aliphatic hydroxyl groups excluding tert-OH is 1. The van der Waals surface area contributed by atoms with Gasteiger partial charge in [0.1, 0.15) is 5.82 Å². The van der Waals surface area contributed by atoms with Crippen LogP contribution < -0.4 is 0 Å². The van der Waals surface area contributed by atoms with Gasteiger partial charge in [-0.15, -0.1) is 0 Å². The van der Waals surface area contributed by atoms with Gasteiger partial charge < -0.3 is 5.11 Å². The van der Waals surface area contributed by atoms with Gasteiger partial charge in [-0.1, -0.05) is 24.1 Å². The van der Waals surface area contributed by atoms with Gasteiger partial charge in [-0.05, 0) is 54.7 Å². The fourth-order valence-electron chi connectivity index (χ4n) is 3.49. The SMILES string of the molecule is OC(Cc1ccc(Cl)c(F)c1)C1C2CCCC21. The van der Waals surface area contributed by atoms with Crippen LogP contribution in [0.1, 0.15) is 24.8 Å². The van der Waals surface area contributed by atoms with Crippen molar-refractivity contribution >= 4 is 11.6 Å². The first-order valence-electron chi connectivity index (χ1n) is 6.29. The van der Waals surface area contributed by atoms with Gasteiger partial charge in [0.25, 0.3) is 0 Å². The number of rotatable bonds is 3. The van der Waals surface area contributed by atoms with Gasteiger partial charge in [0.05, 0.1) is 11.1 Å². The number of halogens is 2. The molecule has 17 heavy (non-hydrogen) atoms. The summed E-state index contributed by atoms with van der Waals surface area (Å²) in [6, 6.07) is 4.79. The van der Waals surface area contributed by atoms with Gasteiger partial charge in [-0.25, -0.2) is 4.39 Å². The van der Waals surface area contributed by atoms with E-state index in [1.807, 2.05) is 0 Å². The molecular formula is C14H16ClFO. The smallest absolute Gasteiger partial charge is 0.142 e. The second kappa shape index (κ2) is 4.25. The molecule has 0 aliphatic heterocycles. The van der Waals surface area contributed by atoms with Gasteiger partial charge >= 0.3 is 0 Å². The molecule has 3 unspecified atom stereocenters. The zero-order valence-corrected chi connectivity index (χ0v) is 10.3. The number of hydrogen-bond acceptors (Lipinski definition) is 1. The molecule has 2 saturated carbocycles. The third-order valence-electron chi connectivity index (χ3n) is 4.35. The fourth-order valence-corrected chi connectivity index (χ4v) is 3.61. The first kappa shape index (κ1) is 11.5. The Bertz CT molecular complexity index is 424. The summed E-state index contributed by atoms with van der Waals surface area (Å²) in [5.41, 5.74) is 0.837. The van der Waals surface area contributed by atoms with E-state index >= 15 is 0 Å². The summed E-state index contributed by atoms with van der Waals surface area (Å²) < 4.78 is 13.3. The maximum Gasteiger partial charge on any atom is 0.142 e. The minimum Gasteiger partial charge on any atom is -0.392 e. The van der Waals surface area contributed by atoms with Crippen molar-refractivity contribution in [2.75, 3.05) is 0 Å². The molecule has 0 amide bonds. The second-order valence-electron chi connectivity index (χ2n) is 5.36. The highest BCUT2D eigenvalue weighted by Gasteiger charge is 2.55. The van der Waals surface area contributed by atoms with Crippen LogP contribution >= 0.6 is 11.6 Å². The molecule has 0 saturated heterocycles. The Morgan fingerprint density at radius 3 is 2.71 bits per heavy atom. The summed E-state index contributed by atoms with van der Waals surface area (Å²) >= 11 is 5.63. The molecule has 2 aliphatic carbocycles. The quantitative estimate of drug-likeness (QED) is 0.876. The lowest BCUT2D eigenvalue weighted by molar-refractivity contribution is 0.135. The minimum atomic E-state index is -0.396. The van der Waals surface area contributed by atoms with E-state index in [1.165, 1.54) is 25.3 Å². The van der Waals surface area contributed by atoms with Crippen LogP contribution in [0, 0.1) is 23.6 Å². The van der Waals surface area contributed by atoms with E-state index in [9.17, 15) is 9.50 Å². The Hall–Kier alpha value is -0.600. The van der Waals surface area contributed by atoms with E-state index in [0.717, 1.165) is 17.4 Å². The maximum absolute atomic E-state index is 13.3. The van der Waals surface area contributed by atoms with Gasteiger partial charge in [-0.2, -0.15) is 0 Å². The van der Waals surface area contributed by atoms with Crippen LogP contribution in [0.2, 0.25) is 5.02 Å². The van der Waals surface area contributed by atoms with E-state index in [0.29, 0.717) is 12.3 Å². The lowest BCUT2D eigenvalue weighted by atomic mass is 10.00. The normalized spacial score (nSPS) is 32.3. The molecule has 1 aromatic rings. The Morgan fingerprint density at radius 1 is 1.35 bits per heavy atom. The van der Waals surface area contributed by atoms with Crippen molar-refractivity contribution in [3.63, 3.8) is 0 Å². The van der Waals surface area contributed by atoms with Crippen LogP contribution in [0.3, 0.4) is 0 Å². The highest BCUT2D eigenvalue weighted by Crippen LogP contribution is 2.59. The molecular weight excluding hydrogens is 239 g/mol. The largest absolute Gasteiger partial charge is 0.392 e. The molecule has 1 aromatic carbocycles. The molecule has 0 heterocycles. The molecule has 0 bridgehead atoms. The lowest BCUT2D eigenvalue weighted by Crippen LogP contribution is -2.16. The topological polar surface area (TPSA) is 20.2 Å². The van der Waals surface area contributed by atoms with Crippen molar-refractivity contribution in [3.8, 4) is 0 Å². The average Bonchev–Trinajstić information content (AvgIpc) is 2.78. The van der Waals surface area contributed by atoms with Crippen molar-refractivity contribution in [2.24, 2.45) is 17.8 Å². The third-order valence-corrected chi connectivity index (χ3v) is 4.65. The van der Waals surface area contributed by atoms with Crippen molar-refractivity contribution in [1.29, 1.82) is 0 Å². The Labute approximate surface area is 106 Å². The highest BCUT2D eigenvalue weighted by molar-refractivity contribution is 6.30. The summed E-state index contributed by atoms with van der Waals surface area (Å²) in [5, 5.41) is 10.3. The van der Waals surface area contributed by atoms with Gasteiger partial charge in [0.15, 0.2) is 0 Å². The predicted octanol–water partition coefficient (Wildman–Crippen LogP) is 3.43. The van der Waals surface area contributed by atoms with E-state index in [1.54, 1.807) is 12.1 Å². The van der Waals surface area contributed by atoms with Crippen LogP contribution in [-0.4, -0.2) is 11.2 Å². The highest BCUT2D eigenvalue weighted by atomic mass is 35.5. The summed E-state index contributed by atoms with van der Waals surface area (Å²) in [4.78, 5) is 0. The van der Waals surface area contributed by atoms with Crippen LogP contribution in [0.4, 0.5) is 4.39 Å². The molecule has 1 nitrogen and oxygen atoms in total. The molecule has 92 valence electrons. The summed E-state index contributed by atoms with van der Waals surface area (Å²) in [6.07, 6.45) is 4.08. The monoisotopic (exact) mass is 254 g/mol. The van der Waals surface area contributed by atoms with E-state index in [2.05, 4.69) is 0 Å². The molecule has 3 rings (SSSR count). The molecule has 3 heteroatoms. The van der Waals surface area contributed by atoms with E-state index in [4.69, 9.17) is 11.6 Å². The van der Waals surface area contributed by atoms with Crippen LogP contribution in [-0.2, 0) is 6.42 Å². The number of fused-ring (bicyclic) bond motifs is 1. The standard InChI is InChI=1S/C14H16ClFO/c15-11-5-4-8(6-12(11)16)7-13(17)14-9-2-1-3-10(9)14/h4-6,9-10,13-14,17H,1-3,7H2. The predicted molar refractivity (Wildman–Crippen MR) is 65.4 cm³/mol. The number of benzene rings is 1. The van der Waals surface area contributed by atoms with E-state index in [-0.39, 0.29) is 11.1 Å². The first-order chi connectivity index (χ1) is 8.16. The average molecular weight is 255 g/mol. The fraction of sp³-hybridized carbons (Fsp3) is 0.571. The van der Waals surface area contributed by atoms with Crippen molar-refractivity contribution < 1.29 is 9.50 Å². The molecule has 0 radical (unpaired) electrons. The molecule has 2 aliphatic rings. The minimum absolute atomic E-state index is 0.145. The van der Waals surface area contributed by atoms with Crippen LogP contribution in [0.5, 0.6) is 0 Å². The van der Waals surface area contributed by atoms with Crippen molar-refractivity contribution in [1.82, 2.24) is 0 Å². The molecule has 0 spiro atoms. The molecule has 0 aromatic heterocycles. The number of aliphatic hydroxyl groups is 1. The van der Waals surface area contributed by atoms with Crippen molar-refractivity contribution in [2.45, 2.75) is 31.8 Å². The zero-order chi connectivity index (χ0) is 12.0. The van der Waals surface area contributed by atoms with E-state index < -0.39 is 5.82 Å². The lowest BCUT2D eigenvalue weighted by Gasteiger charge is -2.12. The maximum atomic E-state index is 13.3. The second-order valence-corrected chi connectivity index (χ2v) is 5.76. The Kier molecular flexibility index (Phi) is 2.87. The first-order valence-corrected chi connectivity index (χ1v) is 6.66. The Balaban J connectivity index is 1.64. The van der Waals surface area contributed by atoms with Gasteiger partial charge in [0, 0.05) is 0 Å². The Morgan fingerprint density at radius 2 is 2.06 bits per heavy atom. The zero-order valence-electron chi connectivity index (χ0n) is 9.57. The summed E-state index contributed by atoms with van der Waals surface area (Å²) in [7, 11) is 0. The molecule has 1 N–H and O–H groups in total. The summed E-state index contributed by atoms with van der Waals surface area (Å²) in [5.74, 6) is 1.54.